The predicted octanol–water partition coefficient (Wildman–Crippen LogP) is 2.96. The fourth-order valence-electron chi connectivity index (χ4n) is 1.48. The van der Waals surface area contributed by atoms with Crippen molar-refractivity contribution < 1.29 is 0 Å². The number of likely N-dealkylation sites (N-methyl/N-ethyl adjacent to an activating group) is 1. The molecule has 0 atom stereocenters. The van der Waals surface area contributed by atoms with E-state index >= 15 is 0 Å². The van der Waals surface area contributed by atoms with Gasteiger partial charge in [0, 0.05) is 25.2 Å². The number of hydrogen-bond acceptors (Lipinski definition) is 3. The normalized spacial score (nSPS) is 12.3. The summed E-state index contributed by atoms with van der Waals surface area (Å²) in [7, 11) is 2.18. The summed E-state index contributed by atoms with van der Waals surface area (Å²) in [5, 5.41) is 7.94. The zero-order chi connectivity index (χ0) is 12.0. The molecule has 0 aromatic carbocycles. The third kappa shape index (κ3) is 5.10. The molecule has 0 unspecified atom stereocenters. The third-order valence-electron chi connectivity index (χ3n) is 3.01. The van der Waals surface area contributed by atoms with Crippen molar-refractivity contribution >= 4 is 11.3 Å². The van der Waals surface area contributed by atoms with E-state index in [9.17, 15) is 0 Å². The lowest BCUT2D eigenvalue weighted by atomic mass is 10.0. The summed E-state index contributed by atoms with van der Waals surface area (Å²) in [4.78, 5) is 2.36. The van der Waals surface area contributed by atoms with Gasteiger partial charge in [-0.3, -0.25) is 0 Å². The Balaban J connectivity index is 2.18. The molecule has 1 aromatic heterocycles. The Labute approximate surface area is 104 Å². The lowest BCUT2D eigenvalue weighted by Gasteiger charge is -2.26. The Bertz CT molecular complexity index is 280. The van der Waals surface area contributed by atoms with Crippen molar-refractivity contribution in [3.8, 4) is 0 Å². The van der Waals surface area contributed by atoms with Crippen LogP contribution in [0.2, 0.25) is 0 Å². The van der Waals surface area contributed by atoms with E-state index in [1.807, 2.05) is 0 Å². The van der Waals surface area contributed by atoms with Gasteiger partial charge in [0.1, 0.15) is 0 Å². The largest absolute Gasteiger partial charge is 0.311 e. The zero-order valence-electron chi connectivity index (χ0n) is 10.9. The topological polar surface area (TPSA) is 15.3 Å². The average molecular weight is 240 g/mol. The summed E-state index contributed by atoms with van der Waals surface area (Å²) in [6, 6.07) is 2.20. The Hall–Kier alpha value is -0.380. The second-order valence-electron chi connectivity index (χ2n) is 5.03. The van der Waals surface area contributed by atoms with Crippen LogP contribution in [-0.4, -0.2) is 30.6 Å². The molecule has 0 saturated carbocycles. The lowest BCUT2D eigenvalue weighted by molar-refractivity contribution is 0.293. The van der Waals surface area contributed by atoms with E-state index < -0.39 is 0 Å². The molecule has 1 heterocycles. The van der Waals surface area contributed by atoms with Crippen LogP contribution in [0.3, 0.4) is 0 Å². The van der Waals surface area contributed by atoms with Crippen LogP contribution in [0.4, 0.5) is 0 Å². The molecule has 0 spiro atoms. The maximum Gasteiger partial charge on any atom is 0.0239 e. The van der Waals surface area contributed by atoms with Crippen molar-refractivity contribution in [1.82, 2.24) is 10.2 Å². The molecular formula is C13H24N2S. The molecule has 3 heteroatoms. The average Bonchev–Trinajstić information content (AvgIpc) is 2.70. The van der Waals surface area contributed by atoms with E-state index in [1.54, 1.807) is 11.3 Å². The van der Waals surface area contributed by atoms with Gasteiger partial charge >= 0.3 is 0 Å². The Morgan fingerprint density at radius 1 is 1.44 bits per heavy atom. The molecule has 1 N–H and O–H groups in total. The van der Waals surface area contributed by atoms with Gasteiger partial charge in [0.2, 0.25) is 0 Å². The Morgan fingerprint density at radius 3 is 2.75 bits per heavy atom. The monoisotopic (exact) mass is 240 g/mol. The lowest BCUT2D eigenvalue weighted by Crippen LogP contribution is -2.42. The van der Waals surface area contributed by atoms with Crippen LogP contribution in [0, 0.1) is 0 Å². The van der Waals surface area contributed by atoms with Crippen LogP contribution in [0.5, 0.6) is 0 Å². The van der Waals surface area contributed by atoms with Crippen molar-refractivity contribution in [3.63, 3.8) is 0 Å². The summed E-state index contributed by atoms with van der Waals surface area (Å²) >= 11 is 1.77. The van der Waals surface area contributed by atoms with Gasteiger partial charge in [-0.15, -0.1) is 0 Å². The highest BCUT2D eigenvalue weighted by molar-refractivity contribution is 7.07. The van der Waals surface area contributed by atoms with Crippen LogP contribution in [0.1, 0.15) is 32.8 Å². The van der Waals surface area contributed by atoms with Crippen LogP contribution in [-0.2, 0) is 6.54 Å². The van der Waals surface area contributed by atoms with Gasteiger partial charge in [0.05, 0.1) is 0 Å². The van der Waals surface area contributed by atoms with Crippen LogP contribution >= 0.6 is 11.3 Å². The summed E-state index contributed by atoms with van der Waals surface area (Å²) in [6.45, 7) is 9.94. The molecule has 92 valence electrons. The van der Waals surface area contributed by atoms with E-state index in [0.29, 0.717) is 0 Å². The second kappa shape index (κ2) is 6.38. The van der Waals surface area contributed by atoms with Crippen LogP contribution in [0.15, 0.2) is 16.8 Å². The Kier molecular flexibility index (Phi) is 5.46. The summed E-state index contributed by atoms with van der Waals surface area (Å²) < 4.78 is 0. The number of thiophene rings is 1. The summed E-state index contributed by atoms with van der Waals surface area (Å²) in [5.41, 5.74) is 1.69. The van der Waals surface area contributed by atoms with E-state index in [4.69, 9.17) is 0 Å². The highest BCUT2D eigenvalue weighted by Gasteiger charge is 2.13. The molecule has 0 aliphatic carbocycles. The van der Waals surface area contributed by atoms with Crippen LogP contribution in [0.25, 0.3) is 0 Å². The fourth-order valence-corrected chi connectivity index (χ4v) is 2.14. The van der Waals surface area contributed by atoms with E-state index in [1.165, 1.54) is 12.0 Å². The molecule has 1 rings (SSSR count). The summed E-state index contributed by atoms with van der Waals surface area (Å²) in [6.07, 6.45) is 1.17. The number of hydrogen-bond donors (Lipinski definition) is 1. The first-order valence-corrected chi connectivity index (χ1v) is 6.92. The molecule has 0 fully saturated rings. The molecule has 0 bridgehead atoms. The van der Waals surface area contributed by atoms with Gasteiger partial charge in [-0.05, 0) is 49.7 Å². The smallest absolute Gasteiger partial charge is 0.0239 e. The fraction of sp³-hybridized carbons (Fsp3) is 0.692. The first-order valence-electron chi connectivity index (χ1n) is 5.98. The van der Waals surface area contributed by atoms with Gasteiger partial charge < -0.3 is 10.2 Å². The highest BCUT2D eigenvalue weighted by atomic mass is 32.1. The van der Waals surface area contributed by atoms with Gasteiger partial charge in [0.15, 0.2) is 0 Å². The van der Waals surface area contributed by atoms with E-state index in [-0.39, 0.29) is 5.54 Å². The first kappa shape index (κ1) is 13.7. The maximum absolute atomic E-state index is 3.58. The molecule has 0 radical (unpaired) electrons. The molecule has 1 aromatic rings. The van der Waals surface area contributed by atoms with E-state index in [2.05, 4.69) is 54.9 Å². The standard InChI is InChI=1S/C13H24N2S/c1-5-13(2,3)14-7-8-15(4)10-12-6-9-16-11-12/h6,9,11,14H,5,7-8,10H2,1-4H3. The third-order valence-corrected chi connectivity index (χ3v) is 3.75. The second-order valence-corrected chi connectivity index (χ2v) is 5.81. The molecular weight excluding hydrogens is 216 g/mol. The molecule has 0 saturated heterocycles. The zero-order valence-corrected chi connectivity index (χ0v) is 11.7. The van der Waals surface area contributed by atoms with Gasteiger partial charge in [-0.25, -0.2) is 0 Å². The minimum Gasteiger partial charge on any atom is -0.311 e. The number of nitrogens with one attached hydrogen (secondary N) is 1. The highest BCUT2D eigenvalue weighted by Crippen LogP contribution is 2.09. The van der Waals surface area contributed by atoms with Crippen LogP contribution < -0.4 is 5.32 Å². The summed E-state index contributed by atoms with van der Waals surface area (Å²) in [5.74, 6) is 0. The van der Waals surface area contributed by atoms with Gasteiger partial charge in [-0.2, -0.15) is 11.3 Å². The van der Waals surface area contributed by atoms with Crippen molar-refractivity contribution in [2.24, 2.45) is 0 Å². The van der Waals surface area contributed by atoms with Crippen molar-refractivity contribution in [1.29, 1.82) is 0 Å². The minimum atomic E-state index is 0.267. The maximum atomic E-state index is 3.58. The first-order chi connectivity index (χ1) is 7.53. The molecule has 16 heavy (non-hydrogen) atoms. The molecule has 0 aliphatic heterocycles. The molecule has 2 nitrogen and oxygen atoms in total. The molecule has 0 aliphatic rings. The van der Waals surface area contributed by atoms with Gasteiger partial charge in [0.25, 0.3) is 0 Å². The molecule has 0 amide bonds. The Morgan fingerprint density at radius 2 is 2.19 bits per heavy atom. The van der Waals surface area contributed by atoms with Crippen molar-refractivity contribution in [3.05, 3.63) is 22.4 Å². The quantitative estimate of drug-likeness (QED) is 0.788. The number of rotatable bonds is 7. The number of nitrogens with zero attached hydrogens (tertiary/aromatic N) is 1. The predicted molar refractivity (Wildman–Crippen MR) is 73.0 cm³/mol. The SMILES string of the molecule is CCC(C)(C)NCCN(C)Cc1ccsc1. The minimum absolute atomic E-state index is 0.267. The van der Waals surface area contributed by atoms with Gasteiger partial charge in [-0.1, -0.05) is 6.92 Å². The van der Waals surface area contributed by atoms with Crippen molar-refractivity contribution in [2.75, 3.05) is 20.1 Å². The van der Waals surface area contributed by atoms with E-state index in [0.717, 1.165) is 19.6 Å². The van der Waals surface area contributed by atoms with Crippen molar-refractivity contribution in [2.45, 2.75) is 39.3 Å².